The number of rotatable bonds is 5. The SMILES string of the molecule is CCCC(F)(F)CCOC. The smallest absolute Gasteiger partial charge is 0.250 e. The van der Waals surface area contributed by atoms with Crippen molar-refractivity contribution in [3.8, 4) is 0 Å². The Morgan fingerprint density at radius 2 is 1.90 bits per heavy atom. The van der Waals surface area contributed by atoms with Gasteiger partial charge in [-0.1, -0.05) is 13.3 Å². The molecule has 0 saturated heterocycles. The highest BCUT2D eigenvalue weighted by Crippen LogP contribution is 2.23. The van der Waals surface area contributed by atoms with Crippen molar-refractivity contribution in [3.05, 3.63) is 0 Å². The van der Waals surface area contributed by atoms with Gasteiger partial charge < -0.3 is 4.74 Å². The maximum Gasteiger partial charge on any atom is 0.250 e. The zero-order valence-corrected chi connectivity index (χ0v) is 6.49. The molecule has 0 aliphatic rings. The molecule has 0 N–H and O–H groups in total. The predicted molar refractivity (Wildman–Crippen MR) is 36.3 cm³/mol. The topological polar surface area (TPSA) is 9.23 Å². The molecule has 0 atom stereocenters. The maximum absolute atomic E-state index is 12.5. The van der Waals surface area contributed by atoms with E-state index in [4.69, 9.17) is 0 Å². The van der Waals surface area contributed by atoms with Gasteiger partial charge in [-0.2, -0.15) is 0 Å². The van der Waals surface area contributed by atoms with Gasteiger partial charge in [0.2, 0.25) is 5.92 Å². The quantitative estimate of drug-likeness (QED) is 0.588. The molecular weight excluding hydrogens is 138 g/mol. The van der Waals surface area contributed by atoms with Crippen LogP contribution in [0, 0.1) is 0 Å². The van der Waals surface area contributed by atoms with Gasteiger partial charge in [0.15, 0.2) is 0 Å². The number of ether oxygens (including phenoxy) is 1. The fourth-order valence-corrected chi connectivity index (χ4v) is 0.742. The highest BCUT2D eigenvalue weighted by molar-refractivity contribution is 4.63. The monoisotopic (exact) mass is 152 g/mol. The summed E-state index contributed by atoms with van der Waals surface area (Å²) in [7, 11) is 1.43. The lowest BCUT2D eigenvalue weighted by molar-refractivity contribution is -0.0346. The van der Waals surface area contributed by atoms with Crippen molar-refractivity contribution in [1.82, 2.24) is 0 Å². The Hall–Kier alpha value is -0.180. The molecule has 0 radical (unpaired) electrons. The average Bonchev–Trinajstić information content (AvgIpc) is 1.84. The zero-order valence-electron chi connectivity index (χ0n) is 6.49. The third kappa shape index (κ3) is 4.68. The molecule has 0 aromatic heterocycles. The van der Waals surface area contributed by atoms with Gasteiger partial charge in [0, 0.05) is 20.0 Å². The van der Waals surface area contributed by atoms with Crippen molar-refractivity contribution < 1.29 is 13.5 Å². The first kappa shape index (κ1) is 9.82. The van der Waals surface area contributed by atoms with Gasteiger partial charge >= 0.3 is 0 Å². The molecule has 0 aromatic carbocycles. The summed E-state index contributed by atoms with van der Waals surface area (Å²) in [5, 5.41) is 0. The van der Waals surface area contributed by atoms with Gasteiger partial charge in [-0.3, -0.25) is 0 Å². The second kappa shape index (κ2) is 4.61. The van der Waals surface area contributed by atoms with Crippen LogP contribution in [0.1, 0.15) is 26.2 Å². The standard InChI is InChI=1S/C7H14F2O/c1-3-4-7(8,9)5-6-10-2/h3-6H2,1-2H3. The molecule has 62 valence electrons. The van der Waals surface area contributed by atoms with Crippen LogP contribution in [-0.4, -0.2) is 19.6 Å². The van der Waals surface area contributed by atoms with Gasteiger partial charge in [-0.05, 0) is 0 Å². The average molecular weight is 152 g/mol. The summed E-state index contributed by atoms with van der Waals surface area (Å²) in [6.45, 7) is 1.90. The van der Waals surface area contributed by atoms with Crippen molar-refractivity contribution in [3.63, 3.8) is 0 Å². The normalized spacial score (nSPS) is 12.0. The fourth-order valence-electron chi connectivity index (χ4n) is 0.742. The first-order chi connectivity index (χ1) is 4.62. The van der Waals surface area contributed by atoms with Gasteiger partial charge in [0.1, 0.15) is 0 Å². The highest BCUT2D eigenvalue weighted by atomic mass is 19.3. The lowest BCUT2D eigenvalue weighted by Gasteiger charge is -2.13. The number of hydrogen-bond donors (Lipinski definition) is 0. The van der Waals surface area contributed by atoms with Crippen molar-refractivity contribution >= 4 is 0 Å². The molecule has 0 spiro atoms. The summed E-state index contributed by atoms with van der Waals surface area (Å²) in [4.78, 5) is 0. The van der Waals surface area contributed by atoms with E-state index in [1.165, 1.54) is 7.11 Å². The molecule has 0 saturated carbocycles. The minimum Gasteiger partial charge on any atom is -0.384 e. The Bertz CT molecular complexity index is 83.7. The Morgan fingerprint density at radius 3 is 2.30 bits per heavy atom. The van der Waals surface area contributed by atoms with Gasteiger partial charge in [-0.25, -0.2) is 8.78 Å². The maximum atomic E-state index is 12.5. The first-order valence-electron chi connectivity index (χ1n) is 3.49. The van der Waals surface area contributed by atoms with E-state index in [0.29, 0.717) is 6.42 Å². The van der Waals surface area contributed by atoms with Gasteiger partial charge in [0.05, 0.1) is 6.61 Å². The molecule has 3 heteroatoms. The van der Waals surface area contributed by atoms with E-state index < -0.39 is 5.92 Å². The molecule has 0 aliphatic heterocycles. The molecule has 0 rings (SSSR count). The zero-order chi connectivity index (χ0) is 8.04. The second-order valence-electron chi connectivity index (χ2n) is 2.35. The lowest BCUT2D eigenvalue weighted by atomic mass is 10.1. The number of halogens is 2. The van der Waals surface area contributed by atoms with Crippen LogP contribution in [0.25, 0.3) is 0 Å². The Balaban J connectivity index is 3.42. The molecule has 0 bridgehead atoms. The van der Waals surface area contributed by atoms with Crippen molar-refractivity contribution in [2.45, 2.75) is 32.1 Å². The number of hydrogen-bond acceptors (Lipinski definition) is 1. The summed E-state index contributed by atoms with van der Waals surface area (Å²) >= 11 is 0. The minimum absolute atomic E-state index is 0.0314. The number of methoxy groups -OCH3 is 1. The van der Waals surface area contributed by atoms with Crippen molar-refractivity contribution in [2.24, 2.45) is 0 Å². The van der Waals surface area contributed by atoms with Crippen LogP contribution in [0.15, 0.2) is 0 Å². The van der Waals surface area contributed by atoms with E-state index >= 15 is 0 Å². The highest BCUT2D eigenvalue weighted by Gasteiger charge is 2.26. The van der Waals surface area contributed by atoms with Crippen molar-refractivity contribution in [2.75, 3.05) is 13.7 Å². The van der Waals surface area contributed by atoms with Crippen LogP contribution >= 0.6 is 0 Å². The molecule has 1 nitrogen and oxygen atoms in total. The number of alkyl halides is 2. The second-order valence-corrected chi connectivity index (χ2v) is 2.35. The Morgan fingerprint density at radius 1 is 1.30 bits per heavy atom. The van der Waals surface area contributed by atoms with Gasteiger partial charge in [0.25, 0.3) is 0 Å². The summed E-state index contributed by atoms with van der Waals surface area (Å²) in [6, 6.07) is 0. The van der Waals surface area contributed by atoms with Gasteiger partial charge in [-0.15, -0.1) is 0 Å². The Labute approximate surface area is 60.4 Å². The summed E-state index contributed by atoms with van der Waals surface area (Å²) in [5.74, 6) is -2.52. The van der Waals surface area contributed by atoms with Crippen LogP contribution in [0.2, 0.25) is 0 Å². The van der Waals surface area contributed by atoms with E-state index in [9.17, 15) is 8.78 Å². The molecule has 0 aromatic rings. The van der Waals surface area contributed by atoms with E-state index in [1.54, 1.807) is 6.92 Å². The van der Waals surface area contributed by atoms with Crippen LogP contribution in [0.5, 0.6) is 0 Å². The van der Waals surface area contributed by atoms with Crippen LogP contribution in [0.4, 0.5) is 8.78 Å². The molecule has 0 amide bonds. The Kier molecular flexibility index (Phi) is 4.52. The molecule has 0 aliphatic carbocycles. The van der Waals surface area contributed by atoms with E-state index in [-0.39, 0.29) is 19.4 Å². The molecule has 0 fully saturated rings. The molecule has 0 unspecified atom stereocenters. The first-order valence-corrected chi connectivity index (χ1v) is 3.49. The van der Waals surface area contributed by atoms with E-state index in [2.05, 4.69) is 4.74 Å². The van der Waals surface area contributed by atoms with E-state index in [1.807, 2.05) is 0 Å². The lowest BCUT2D eigenvalue weighted by Crippen LogP contribution is -2.17. The molecular formula is C7H14F2O. The fraction of sp³-hybridized carbons (Fsp3) is 1.00. The van der Waals surface area contributed by atoms with Crippen LogP contribution in [-0.2, 0) is 4.74 Å². The minimum atomic E-state index is -2.52. The molecule has 10 heavy (non-hydrogen) atoms. The van der Waals surface area contributed by atoms with E-state index in [0.717, 1.165) is 0 Å². The summed E-state index contributed by atoms with van der Waals surface area (Å²) in [6.07, 6.45) is 0.338. The molecule has 0 heterocycles. The largest absolute Gasteiger partial charge is 0.384 e. The third-order valence-electron chi connectivity index (χ3n) is 1.29. The summed E-state index contributed by atoms with van der Waals surface area (Å²) < 4.78 is 29.6. The van der Waals surface area contributed by atoms with Crippen LogP contribution in [0.3, 0.4) is 0 Å². The van der Waals surface area contributed by atoms with Crippen molar-refractivity contribution in [1.29, 1.82) is 0 Å². The third-order valence-corrected chi connectivity index (χ3v) is 1.29. The van der Waals surface area contributed by atoms with Crippen LogP contribution < -0.4 is 0 Å². The summed E-state index contributed by atoms with van der Waals surface area (Å²) in [5.41, 5.74) is 0. The predicted octanol–water partition coefficient (Wildman–Crippen LogP) is 2.46.